The quantitative estimate of drug-likeness (QED) is 0.713. The van der Waals surface area contributed by atoms with E-state index in [9.17, 15) is 18.0 Å². The van der Waals surface area contributed by atoms with Crippen molar-refractivity contribution in [1.82, 2.24) is 0 Å². The molecule has 0 amide bonds. The molecule has 0 atom stereocenters. The van der Waals surface area contributed by atoms with E-state index < -0.39 is 17.7 Å². The first-order valence-electron chi connectivity index (χ1n) is 4.29. The average molecular weight is 218 g/mol. The number of alkyl halides is 3. The van der Waals surface area contributed by atoms with Crippen molar-refractivity contribution in [1.29, 1.82) is 0 Å². The largest absolute Gasteiger partial charge is 0.462 e. The van der Waals surface area contributed by atoms with Gasteiger partial charge in [-0.2, -0.15) is 13.2 Å². The van der Waals surface area contributed by atoms with Gasteiger partial charge in [-0.15, -0.1) is 0 Å². The SMILES string of the molecule is CCOC(=O)c1cccc(C(F)(F)F)c1. The minimum atomic E-state index is -4.44. The molecule has 5 heteroatoms. The lowest BCUT2D eigenvalue weighted by atomic mass is 10.1. The molecule has 0 radical (unpaired) electrons. The Labute approximate surface area is 84.7 Å². The first-order chi connectivity index (χ1) is 6.95. The van der Waals surface area contributed by atoms with Crippen LogP contribution in [0, 0.1) is 0 Å². The molecular formula is C10H9F3O2. The molecule has 2 nitrogen and oxygen atoms in total. The number of benzene rings is 1. The Morgan fingerprint density at radius 3 is 2.60 bits per heavy atom. The summed E-state index contributed by atoms with van der Waals surface area (Å²) >= 11 is 0. The second kappa shape index (κ2) is 4.33. The van der Waals surface area contributed by atoms with Crippen molar-refractivity contribution in [3.8, 4) is 0 Å². The van der Waals surface area contributed by atoms with Crippen LogP contribution in [-0.4, -0.2) is 12.6 Å². The molecule has 0 saturated carbocycles. The lowest BCUT2D eigenvalue weighted by Crippen LogP contribution is -2.09. The van der Waals surface area contributed by atoms with Gasteiger partial charge >= 0.3 is 12.1 Å². The van der Waals surface area contributed by atoms with Gasteiger partial charge in [-0.05, 0) is 25.1 Å². The standard InChI is InChI=1S/C10H9F3O2/c1-2-15-9(14)7-4-3-5-8(6-7)10(11,12)13/h3-6H,2H2,1H3. The molecule has 0 aliphatic rings. The van der Waals surface area contributed by atoms with Crippen molar-refractivity contribution in [2.24, 2.45) is 0 Å². The molecule has 1 aromatic carbocycles. The molecule has 0 saturated heterocycles. The monoisotopic (exact) mass is 218 g/mol. The molecule has 0 aliphatic carbocycles. The van der Waals surface area contributed by atoms with Gasteiger partial charge in [0.15, 0.2) is 0 Å². The molecule has 0 aliphatic heterocycles. The second-order valence-corrected chi connectivity index (χ2v) is 2.80. The van der Waals surface area contributed by atoms with Crippen LogP contribution in [0.15, 0.2) is 24.3 Å². The van der Waals surface area contributed by atoms with Gasteiger partial charge in [0, 0.05) is 0 Å². The molecule has 1 rings (SSSR count). The van der Waals surface area contributed by atoms with Crippen LogP contribution in [0.3, 0.4) is 0 Å². The highest BCUT2D eigenvalue weighted by atomic mass is 19.4. The highest BCUT2D eigenvalue weighted by Gasteiger charge is 2.30. The summed E-state index contributed by atoms with van der Waals surface area (Å²) in [5, 5.41) is 0. The molecule has 0 unspecified atom stereocenters. The summed E-state index contributed by atoms with van der Waals surface area (Å²) in [4.78, 5) is 11.1. The summed E-state index contributed by atoms with van der Waals surface area (Å²) < 4.78 is 41.4. The molecule has 82 valence electrons. The Morgan fingerprint density at radius 1 is 1.40 bits per heavy atom. The highest BCUT2D eigenvalue weighted by Crippen LogP contribution is 2.29. The van der Waals surface area contributed by atoms with Gasteiger partial charge in [-0.1, -0.05) is 6.07 Å². The van der Waals surface area contributed by atoms with Gasteiger partial charge in [-0.25, -0.2) is 4.79 Å². The number of carbonyl (C=O) groups excluding carboxylic acids is 1. The Bertz CT molecular complexity index is 358. The van der Waals surface area contributed by atoms with E-state index >= 15 is 0 Å². The fraction of sp³-hybridized carbons (Fsp3) is 0.300. The molecule has 0 N–H and O–H groups in total. The zero-order chi connectivity index (χ0) is 11.5. The molecule has 15 heavy (non-hydrogen) atoms. The van der Waals surface area contributed by atoms with E-state index in [0.29, 0.717) is 0 Å². The van der Waals surface area contributed by atoms with Crippen molar-refractivity contribution in [2.75, 3.05) is 6.61 Å². The van der Waals surface area contributed by atoms with Crippen LogP contribution in [-0.2, 0) is 10.9 Å². The van der Waals surface area contributed by atoms with Crippen LogP contribution in [0.2, 0.25) is 0 Å². The lowest BCUT2D eigenvalue weighted by Gasteiger charge is -2.07. The van der Waals surface area contributed by atoms with E-state index in [2.05, 4.69) is 4.74 Å². The predicted molar refractivity (Wildman–Crippen MR) is 47.4 cm³/mol. The Hall–Kier alpha value is -1.52. The first-order valence-corrected chi connectivity index (χ1v) is 4.29. The summed E-state index contributed by atoms with van der Waals surface area (Å²) in [7, 11) is 0. The third-order valence-corrected chi connectivity index (χ3v) is 1.70. The predicted octanol–water partition coefficient (Wildman–Crippen LogP) is 2.88. The zero-order valence-electron chi connectivity index (χ0n) is 7.97. The summed E-state index contributed by atoms with van der Waals surface area (Å²) in [6, 6.07) is 4.14. The van der Waals surface area contributed by atoms with E-state index in [0.717, 1.165) is 12.1 Å². The van der Waals surface area contributed by atoms with Crippen molar-refractivity contribution in [3.05, 3.63) is 35.4 Å². The van der Waals surface area contributed by atoms with Gasteiger partial charge in [0.05, 0.1) is 17.7 Å². The van der Waals surface area contributed by atoms with Crippen LogP contribution in [0.4, 0.5) is 13.2 Å². The van der Waals surface area contributed by atoms with Crippen LogP contribution in [0.5, 0.6) is 0 Å². The second-order valence-electron chi connectivity index (χ2n) is 2.80. The first kappa shape index (κ1) is 11.6. The van der Waals surface area contributed by atoms with Gasteiger partial charge < -0.3 is 4.74 Å². The molecular weight excluding hydrogens is 209 g/mol. The maximum Gasteiger partial charge on any atom is 0.416 e. The number of esters is 1. The van der Waals surface area contributed by atoms with Crippen LogP contribution in [0.25, 0.3) is 0 Å². The van der Waals surface area contributed by atoms with Gasteiger partial charge in [0.1, 0.15) is 0 Å². The van der Waals surface area contributed by atoms with Crippen molar-refractivity contribution < 1.29 is 22.7 Å². The number of hydrogen-bond donors (Lipinski definition) is 0. The van der Waals surface area contributed by atoms with E-state index in [1.807, 2.05) is 0 Å². The molecule has 0 aromatic heterocycles. The lowest BCUT2D eigenvalue weighted by molar-refractivity contribution is -0.137. The Balaban J connectivity index is 2.98. The molecule has 0 heterocycles. The minimum absolute atomic E-state index is 0.0910. The summed E-state index contributed by atoms with van der Waals surface area (Å²) in [5.41, 5.74) is -0.945. The Morgan fingerprint density at radius 2 is 2.07 bits per heavy atom. The van der Waals surface area contributed by atoms with Crippen LogP contribution < -0.4 is 0 Å². The smallest absolute Gasteiger partial charge is 0.416 e. The number of halogens is 3. The highest BCUT2D eigenvalue weighted by molar-refractivity contribution is 5.89. The third kappa shape index (κ3) is 2.97. The van der Waals surface area contributed by atoms with Crippen molar-refractivity contribution >= 4 is 5.97 Å². The topological polar surface area (TPSA) is 26.3 Å². The van der Waals surface area contributed by atoms with Crippen LogP contribution in [0.1, 0.15) is 22.8 Å². The fourth-order valence-electron chi connectivity index (χ4n) is 1.04. The summed E-state index contributed by atoms with van der Waals surface area (Å²) in [6.07, 6.45) is -4.44. The third-order valence-electron chi connectivity index (χ3n) is 1.70. The van der Waals surface area contributed by atoms with Gasteiger partial charge in [0.25, 0.3) is 0 Å². The zero-order valence-corrected chi connectivity index (χ0v) is 7.97. The van der Waals surface area contributed by atoms with Crippen molar-refractivity contribution in [3.63, 3.8) is 0 Å². The van der Waals surface area contributed by atoms with E-state index in [1.165, 1.54) is 12.1 Å². The Kier molecular flexibility index (Phi) is 3.34. The number of rotatable bonds is 2. The summed E-state index contributed by atoms with van der Waals surface area (Å²) in [6.45, 7) is 1.72. The number of carbonyl (C=O) groups is 1. The number of ether oxygens (including phenoxy) is 1. The maximum atomic E-state index is 12.3. The molecule has 0 spiro atoms. The van der Waals surface area contributed by atoms with Crippen molar-refractivity contribution in [2.45, 2.75) is 13.1 Å². The molecule has 0 bridgehead atoms. The molecule has 0 fully saturated rings. The fourth-order valence-corrected chi connectivity index (χ4v) is 1.04. The summed E-state index contributed by atoms with van der Waals surface area (Å²) in [5.74, 6) is -0.747. The van der Waals surface area contributed by atoms with Gasteiger partial charge in [-0.3, -0.25) is 0 Å². The van der Waals surface area contributed by atoms with E-state index in [4.69, 9.17) is 0 Å². The van der Waals surface area contributed by atoms with E-state index in [-0.39, 0.29) is 12.2 Å². The normalized spacial score (nSPS) is 11.2. The number of hydrogen-bond acceptors (Lipinski definition) is 2. The van der Waals surface area contributed by atoms with Crippen LogP contribution >= 0.6 is 0 Å². The van der Waals surface area contributed by atoms with Gasteiger partial charge in [0.2, 0.25) is 0 Å². The average Bonchev–Trinajstić information content (AvgIpc) is 2.17. The minimum Gasteiger partial charge on any atom is -0.462 e. The maximum absolute atomic E-state index is 12.3. The van der Waals surface area contributed by atoms with E-state index in [1.54, 1.807) is 6.92 Å². The molecule has 1 aromatic rings.